The number of morpholine rings is 1. The Morgan fingerprint density at radius 1 is 1.25 bits per heavy atom. The zero-order valence-corrected chi connectivity index (χ0v) is 11.5. The van der Waals surface area contributed by atoms with Gasteiger partial charge in [-0.05, 0) is 37.5 Å². The highest BCUT2D eigenvalue weighted by molar-refractivity contribution is 9.09. The van der Waals surface area contributed by atoms with Crippen molar-refractivity contribution in [2.45, 2.75) is 50.7 Å². The van der Waals surface area contributed by atoms with Gasteiger partial charge in [0.05, 0.1) is 12.7 Å². The first kappa shape index (κ1) is 11.5. The highest BCUT2D eigenvalue weighted by Gasteiger charge is 2.42. The molecule has 1 aliphatic heterocycles. The predicted molar refractivity (Wildman–Crippen MR) is 69.0 cm³/mol. The SMILES string of the molecule is BrCC1(CN2CCOC3CCCC32)CCC1. The first-order valence-corrected chi connectivity index (χ1v) is 7.87. The molecule has 2 saturated carbocycles. The number of hydrogen-bond acceptors (Lipinski definition) is 2. The zero-order valence-electron chi connectivity index (χ0n) is 9.96. The Labute approximate surface area is 107 Å². The number of ether oxygens (including phenoxy) is 1. The molecule has 2 unspecified atom stereocenters. The molecule has 92 valence electrons. The smallest absolute Gasteiger partial charge is 0.0730 e. The van der Waals surface area contributed by atoms with Gasteiger partial charge in [0.15, 0.2) is 0 Å². The van der Waals surface area contributed by atoms with Crippen molar-refractivity contribution >= 4 is 15.9 Å². The summed E-state index contributed by atoms with van der Waals surface area (Å²) in [6, 6.07) is 0.741. The van der Waals surface area contributed by atoms with Crippen LogP contribution in [0, 0.1) is 5.41 Å². The molecule has 3 fully saturated rings. The largest absolute Gasteiger partial charge is 0.375 e. The van der Waals surface area contributed by atoms with Gasteiger partial charge in [0.2, 0.25) is 0 Å². The Morgan fingerprint density at radius 2 is 2.12 bits per heavy atom. The van der Waals surface area contributed by atoms with Gasteiger partial charge in [-0.1, -0.05) is 22.4 Å². The second-order valence-electron chi connectivity index (χ2n) is 5.87. The van der Waals surface area contributed by atoms with Crippen molar-refractivity contribution in [2.24, 2.45) is 5.41 Å². The fourth-order valence-electron chi connectivity index (χ4n) is 3.64. The van der Waals surface area contributed by atoms with Crippen LogP contribution in [0.15, 0.2) is 0 Å². The molecule has 0 bridgehead atoms. The van der Waals surface area contributed by atoms with Crippen molar-refractivity contribution in [3.8, 4) is 0 Å². The van der Waals surface area contributed by atoms with Crippen molar-refractivity contribution in [1.82, 2.24) is 4.90 Å². The van der Waals surface area contributed by atoms with Gasteiger partial charge < -0.3 is 4.74 Å². The summed E-state index contributed by atoms with van der Waals surface area (Å²) >= 11 is 3.72. The van der Waals surface area contributed by atoms with E-state index in [1.54, 1.807) is 0 Å². The molecular formula is C13H22BrNO. The standard InChI is InChI=1S/C13H22BrNO/c14-9-13(5-2-6-13)10-15-7-8-16-12-4-1-3-11(12)15/h11-12H,1-10H2. The minimum absolute atomic E-state index is 0.557. The minimum atomic E-state index is 0.557. The van der Waals surface area contributed by atoms with Gasteiger partial charge in [0.25, 0.3) is 0 Å². The lowest BCUT2D eigenvalue weighted by Crippen LogP contribution is -2.54. The summed E-state index contributed by atoms with van der Waals surface area (Å²) in [7, 11) is 0. The van der Waals surface area contributed by atoms with Crippen LogP contribution < -0.4 is 0 Å². The van der Waals surface area contributed by atoms with Gasteiger partial charge in [0.1, 0.15) is 0 Å². The van der Waals surface area contributed by atoms with Crippen LogP contribution in [0.5, 0.6) is 0 Å². The highest BCUT2D eigenvalue weighted by atomic mass is 79.9. The van der Waals surface area contributed by atoms with Crippen molar-refractivity contribution in [3.63, 3.8) is 0 Å². The fourth-order valence-corrected chi connectivity index (χ4v) is 4.38. The Bertz CT molecular complexity index is 249. The Hall–Kier alpha value is 0.400. The lowest BCUT2D eigenvalue weighted by molar-refractivity contribution is -0.0743. The Morgan fingerprint density at radius 3 is 2.81 bits per heavy atom. The van der Waals surface area contributed by atoms with Crippen molar-refractivity contribution in [2.75, 3.05) is 25.0 Å². The fraction of sp³-hybridized carbons (Fsp3) is 1.00. The summed E-state index contributed by atoms with van der Waals surface area (Å²) in [6.07, 6.45) is 8.86. The van der Waals surface area contributed by atoms with E-state index in [1.165, 1.54) is 50.4 Å². The molecule has 0 aromatic carbocycles. The summed E-state index contributed by atoms with van der Waals surface area (Å²) in [6.45, 7) is 3.43. The van der Waals surface area contributed by atoms with E-state index in [0.717, 1.165) is 19.2 Å². The predicted octanol–water partition coefficient (Wildman–Crippen LogP) is 2.80. The molecule has 0 N–H and O–H groups in total. The average Bonchev–Trinajstić information content (AvgIpc) is 2.72. The molecule has 0 spiro atoms. The number of rotatable bonds is 3. The maximum atomic E-state index is 5.88. The number of alkyl halides is 1. The van der Waals surface area contributed by atoms with Gasteiger partial charge in [-0.2, -0.15) is 0 Å². The molecule has 2 atom stereocenters. The third kappa shape index (κ3) is 1.95. The topological polar surface area (TPSA) is 12.5 Å². The molecule has 3 heteroatoms. The second-order valence-corrected chi connectivity index (χ2v) is 6.43. The molecule has 3 aliphatic rings. The molecule has 2 nitrogen and oxygen atoms in total. The average molecular weight is 288 g/mol. The van der Waals surface area contributed by atoms with E-state index < -0.39 is 0 Å². The summed E-state index contributed by atoms with van der Waals surface area (Å²) in [5.74, 6) is 0. The van der Waals surface area contributed by atoms with Crippen LogP contribution in [-0.4, -0.2) is 42.1 Å². The summed E-state index contributed by atoms with van der Waals surface area (Å²) < 4.78 is 5.88. The molecule has 0 radical (unpaired) electrons. The van der Waals surface area contributed by atoms with Crippen LogP contribution in [0.25, 0.3) is 0 Å². The molecule has 16 heavy (non-hydrogen) atoms. The van der Waals surface area contributed by atoms with E-state index in [4.69, 9.17) is 4.74 Å². The highest BCUT2D eigenvalue weighted by Crippen LogP contribution is 2.44. The third-order valence-electron chi connectivity index (χ3n) is 4.83. The maximum Gasteiger partial charge on any atom is 0.0730 e. The van der Waals surface area contributed by atoms with Crippen LogP contribution >= 0.6 is 15.9 Å². The van der Waals surface area contributed by atoms with Crippen LogP contribution in [0.3, 0.4) is 0 Å². The van der Waals surface area contributed by atoms with Gasteiger partial charge in [0, 0.05) is 24.5 Å². The Kier molecular flexibility index (Phi) is 3.29. The van der Waals surface area contributed by atoms with E-state index >= 15 is 0 Å². The molecule has 3 rings (SSSR count). The van der Waals surface area contributed by atoms with E-state index in [1.807, 2.05) is 0 Å². The van der Waals surface area contributed by atoms with Crippen LogP contribution in [0.1, 0.15) is 38.5 Å². The molecule has 1 heterocycles. The molecule has 2 aliphatic carbocycles. The summed E-state index contributed by atoms with van der Waals surface area (Å²) in [5, 5.41) is 1.19. The molecule has 1 saturated heterocycles. The van der Waals surface area contributed by atoms with E-state index in [2.05, 4.69) is 20.8 Å². The van der Waals surface area contributed by atoms with Crippen molar-refractivity contribution < 1.29 is 4.74 Å². The molecular weight excluding hydrogens is 266 g/mol. The van der Waals surface area contributed by atoms with Gasteiger partial charge in [-0.25, -0.2) is 0 Å². The number of halogens is 1. The molecule has 0 aromatic heterocycles. The van der Waals surface area contributed by atoms with Crippen LogP contribution in [-0.2, 0) is 4.74 Å². The number of fused-ring (bicyclic) bond motifs is 1. The van der Waals surface area contributed by atoms with E-state index in [-0.39, 0.29) is 0 Å². The molecule has 0 aromatic rings. The monoisotopic (exact) mass is 287 g/mol. The normalized spacial score (nSPS) is 38.1. The molecule has 0 amide bonds. The summed E-state index contributed by atoms with van der Waals surface area (Å²) in [5.41, 5.74) is 0.602. The van der Waals surface area contributed by atoms with Gasteiger partial charge in [-0.15, -0.1) is 0 Å². The zero-order chi connectivity index (χ0) is 11.0. The first-order valence-electron chi connectivity index (χ1n) is 6.75. The second kappa shape index (κ2) is 4.58. The number of hydrogen-bond donors (Lipinski definition) is 0. The lowest BCUT2D eigenvalue weighted by Gasteiger charge is -2.48. The van der Waals surface area contributed by atoms with Crippen LogP contribution in [0.2, 0.25) is 0 Å². The van der Waals surface area contributed by atoms with E-state index in [9.17, 15) is 0 Å². The van der Waals surface area contributed by atoms with Gasteiger partial charge >= 0.3 is 0 Å². The van der Waals surface area contributed by atoms with E-state index in [0.29, 0.717) is 11.5 Å². The number of nitrogens with zero attached hydrogens (tertiary/aromatic N) is 1. The lowest BCUT2D eigenvalue weighted by atomic mass is 9.70. The quantitative estimate of drug-likeness (QED) is 0.740. The Balaban J connectivity index is 1.64. The minimum Gasteiger partial charge on any atom is -0.375 e. The van der Waals surface area contributed by atoms with Crippen molar-refractivity contribution in [3.05, 3.63) is 0 Å². The third-order valence-corrected chi connectivity index (χ3v) is 6.02. The van der Waals surface area contributed by atoms with Crippen molar-refractivity contribution in [1.29, 1.82) is 0 Å². The first-order chi connectivity index (χ1) is 7.83. The summed E-state index contributed by atoms with van der Waals surface area (Å²) in [4.78, 5) is 2.74. The van der Waals surface area contributed by atoms with Gasteiger partial charge in [-0.3, -0.25) is 4.90 Å². The maximum absolute atomic E-state index is 5.88. The van der Waals surface area contributed by atoms with Crippen LogP contribution in [0.4, 0.5) is 0 Å².